The van der Waals surface area contributed by atoms with Crippen molar-refractivity contribution >= 4 is 29.7 Å². The van der Waals surface area contributed by atoms with Crippen LogP contribution >= 0.6 is 0 Å². The lowest BCUT2D eigenvalue weighted by molar-refractivity contribution is -0.143. The SMILES string of the molecule is CC(C)[C@H](NC(=O)[C@H](Cc1ccc(O)cc1)NC(=O)[C@@H](N)Cc1ccccc1)C(=O)N[C@@H](CCC(=O)O)C(=O)O. The van der Waals surface area contributed by atoms with Crippen LogP contribution in [-0.4, -0.2) is 69.1 Å². The van der Waals surface area contributed by atoms with Crippen LogP contribution in [0.2, 0.25) is 0 Å². The molecule has 0 radical (unpaired) electrons. The fourth-order valence-corrected chi connectivity index (χ4v) is 3.89. The van der Waals surface area contributed by atoms with Crippen molar-refractivity contribution in [3.63, 3.8) is 0 Å². The fraction of sp³-hybridized carbons (Fsp3) is 0.393. The molecule has 0 aliphatic heterocycles. The maximum atomic E-state index is 13.4. The van der Waals surface area contributed by atoms with Gasteiger partial charge in [-0.15, -0.1) is 0 Å². The third-order valence-electron chi connectivity index (χ3n) is 6.15. The number of hydrogen-bond acceptors (Lipinski definition) is 7. The van der Waals surface area contributed by atoms with E-state index in [4.69, 9.17) is 10.8 Å². The number of hydrogen-bond donors (Lipinski definition) is 7. The van der Waals surface area contributed by atoms with Crippen molar-refractivity contribution in [3.05, 3.63) is 65.7 Å². The molecule has 0 aromatic heterocycles. The number of phenolic OH excluding ortho intramolecular Hbond substituents is 1. The highest BCUT2D eigenvalue weighted by atomic mass is 16.4. The number of carboxylic acid groups (broad SMARTS) is 2. The summed E-state index contributed by atoms with van der Waals surface area (Å²) in [5.41, 5.74) is 7.55. The van der Waals surface area contributed by atoms with Gasteiger partial charge in [0.15, 0.2) is 0 Å². The second-order valence-corrected chi connectivity index (χ2v) is 9.79. The monoisotopic (exact) mass is 556 g/mol. The van der Waals surface area contributed by atoms with Crippen LogP contribution in [0.4, 0.5) is 0 Å². The molecular weight excluding hydrogens is 520 g/mol. The van der Waals surface area contributed by atoms with Gasteiger partial charge in [-0.1, -0.05) is 56.3 Å². The van der Waals surface area contributed by atoms with E-state index in [0.29, 0.717) is 5.56 Å². The molecule has 12 heteroatoms. The molecule has 216 valence electrons. The van der Waals surface area contributed by atoms with E-state index < -0.39 is 66.2 Å². The van der Waals surface area contributed by atoms with Gasteiger partial charge in [0.2, 0.25) is 17.7 Å². The van der Waals surface area contributed by atoms with E-state index in [9.17, 15) is 34.2 Å². The van der Waals surface area contributed by atoms with Crippen LogP contribution < -0.4 is 21.7 Å². The Morgan fingerprint density at radius 1 is 0.750 bits per heavy atom. The molecular formula is C28H36N4O8. The molecule has 3 amide bonds. The number of aliphatic carboxylic acids is 2. The van der Waals surface area contributed by atoms with E-state index in [1.807, 2.05) is 30.3 Å². The molecule has 4 atom stereocenters. The minimum absolute atomic E-state index is 0.0126. The molecule has 40 heavy (non-hydrogen) atoms. The van der Waals surface area contributed by atoms with E-state index in [1.165, 1.54) is 12.1 Å². The molecule has 0 heterocycles. The summed E-state index contributed by atoms with van der Waals surface area (Å²) < 4.78 is 0. The summed E-state index contributed by atoms with van der Waals surface area (Å²) in [6, 6.07) is 10.4. The van der Waals surface area contributed by atoms with Gasteiger partial charge in [0, 0.05) is 12.8 Å². The Kier molecular flexibility index (Phi) is 12.1. The average molecular weight is 557 g/mol. The lowest BCUT2D eigenvalue weighted by Crippen LogP contribution is -2.59. The molecule has 2 aromatic rings. The molecule has 0 fully saturated rings. The number of carbonyl (C=O) groups is 5. The lowest BCUT2D eigenvalue weighted by atomic mass is 9.99. The molecule has 2 rings (SSSR count). The Bertz CT molecular complexity index is 1170. The quantitative estimate of drug-likeness (QED) is 0.163. The zero-order valence-electron chi connectivity index (χ0n) is 22.4. The van der Waals surface area contributed by atoms with Crippen molar-refractivity contribution in [1.29, 1.82) is 0 Å². The first-order valence-corrected chi connectivity index (χ1v) is 12.8. The number of rotatable bonds is 15. The van der Waals surface area contributed by atoms with Crippen molar-refractivity contribution in [2.45, 2.75) is 63.7 Å². The van der Waals surface area contributed by atoms with Crippen LogP contribution in [0, 0.1) is 5.92 Å². The van der Waals surface area contributed by atoms with Crippen LogP contribution in [0.25, 0.3) is 0 Å². The number of nitrogens with one attached hydrogen (secondary N) is 3. The van der Waals surface area contributed by atoms with Gasteiger partial charge in [-0.05, 0) is 42.0 Å². The summed E-state index contributed by atoms with van der Waals surface area (Å²) in [6.45, 7) is 3.28. The molecule has 12 nitrogen and oxygen atoms in total. The van der Waals surface area contributed by atoms with E-state index in [-0.39, 0.29) is 25.0 Å². The number of carbonyl (C=O) groups excluding carboxylic acids is 3. The average Bonchev–Trinajstić information content (AvgIpc) is 2.90. The van der Waals surface area contributed by atoms with Gasteiger partial charge >= 0.3 is 11.9 Å². The first-order valence-electron chi connectivity index (χ1n) is 12.8. The largest absolute Gasteiger partial charge is 0.508 e. The van der Waals surface area contributed by atoms with Gasteiger partial charge in [0.1, 0.15) is 23.9 Å². The van der Waals surface area contributed by atoms with Crippen LogP contribution in [0.1, 0.15) is 37.8 Å². The van der Waals surface area contributed by atoms with Crippen molar-refractivity contribution in [2.75, 3.05) is 0 Å². The predicted molar refractivity (Wildman–Crippen MR) is 145 cm³/mol. The highest BCUT2D eigenvalue weighted by Gasteiger charge is 2.32. The minimum Gasteiger partial charge on any atom is -0.508 e. The topological polar surface area (TPSA) is 208 Å². The summed E-state index contributed by atoms with van der Waals surface area (Å²) >= 11 is 0. The van der Waals surface area contributed by atoms with Crippen molar-refractivity contribution in [1.82, 2.24) is 16.0 Å². The summed E-state index contributed by atoms with van der Waals surface area (Å²) in [5, 5.41) is 35.4. The molecule has 0 bridgehead atoms. The highest BCUT2D eigenvalue weighted by molar-refractivity contribution is 5.94. The Hall–Kier alpha value is -4.45. The van der Waals surface area contributed by atoms with Crippen LogP contribution in [0.15, 0.2) is 54.6 Å². The number of phenols is 1. The van der Waals surface area contributed by atoms with E-state index in [0.717, 1.165) is 5.56 Å². The Labute approximate surface area is 232 Å². The molecule has 0 aliphatic rings. The van der Waals surface area contributed by atoms with Gasteiger partial charge in [0.05, 0.1) is 6.04 Å². The second kappa shape index (κ2) is 15.2. The predicted octanol–water partition coefficient (Wildman–Crippen LogP) is 0.565. The summed E-state index contributed by atoms with van der Waals surface area (Å²) in [5.74, 6) is -5.20. The molecule has 0 saturated heterocycles. The van der Waals surface area contributed by atoms with Crippen LogP contribution in [0.5, 0.6) is 5.75 Å². The molecule has 0 unspecified atom stereocenters. The number of benzene rings is 2. The third kappa shape index (κ3) is 10.4. The number of nitrogens with two attached hydrogens (primary N) is 1. The highest BCUT2D eigenvalue weighted by Crippen LogP contribution is 2.13. The van der Waals surface area contributed by atoms with Gasteiger partial charge < -0.3 is 37.0 Å². The number of carboxylic acids is 2. The first-order chi connectivity index (χ1) is 18.9. The molecule has 0 aliphatic carbocycles. The number of amides is 3. The maximum absolute atomic E-state index is 13.4. The zero-order chi connectivity index (χ0) is 29.8. The van der Waals surface area contributed by atoms with E-state index >= 15 is 0 Å². The van der Waals surface area contributed by atoms with Crippen molar-refractivity contribution in [2.24, 2.45) is 11.7 Å². The van der Waals surface area contributed by atoms with Gasteiger partial charge in [0.25, 0.3) is 0 Å². The maximum Gasteiger partial charge on any atom is 0.326 e. The smallest absolute Gasteiger partial charge is 0.326 e. The normalized spacial score (nSPS) is 13.9. The van der Waals surface area contributed by atoms with Crippen molar-refractivity contribution < 1.29 is 39.3 Å². The Morgan fingerprint density at radius 2 is 1.32 bits per heavy atom. The standard InChI is InChI=1S/C28H36N4O8/c1-16(2)24(27(38)30-21(28(39)40)12-13-23(34)35)32-26(37)22(15-18-8-10-19(33)11-9-18)31-25(36)20(29)14-17-6-4-3-5-7-17/h3-11,16,20-22,24,33H,12-15,29H2,1-2H3,(H,30,38)(H,31,36)(H,32,37)(H,34,35)(H,39,40)/t20-,21-,22-,24-/m0/s1. The molecule has 2 aromatic carbocycles. The van der Waals surface area contributed by atoms with E-state index in [2.05, 4.69) is 16.0 Å². The zero-order valence-corrected chi connectivity index (χ0v) is 22.4. The Balaban J connectivity index is 2.20. The first kappa shape index (κ1) is 31.8. The van der Waals surface area contributed by atoms with Gasteiger partial charge in [-0.3, -0.25) is 19.2 Å². The van der Waals surface area contributed by atoms with E-state index in [1.54, 1.807) is 26.0 Å². The molecule has 8 N–H and O–H groups in total. The Morgan fingerprint density at radius 3 is 1.88 bits per heavy atom. The van der Waals surface area contributed by atoms with Gasteiger partial charge in [-0.2, -0.15) is 0 Å². The molecule has 0 saturated carbocycles. The van der Waals surface area contributed by atoms with Crippen LogP contribution in [0.3, 0.4) is 0 Å². The van der Waals surface area contributed by atoms with Crippen LogP contribution in [-0.2, 0) is 36.8 Å². The molecule has 0 spiro atoms. The number of aromatic hydroxyl groups is 1. The minimum atomic E-state index is -1.47. The second-order valence-electron chi connectivity index (χ2n) is 9.79. The summed E-state index contributed by atoms with van der Waals surface area (Å²) in [7, 11) is 0. The van der Waals surface area contributed by atoms with Crippen molar-refractivity contribution in [3.8, 4) is 5.75 Å². The van der Waals surface area contributed by atoms with Gasteiger partial charge in [-0.25, -0.2) is 4.79 Å². The summed E-state index contributed by atoms with van der Waals surface area (Å²) in [6.07, 6.45) is -0.573. The third-order valence-corrected chi connectivity index (χ3v) is 6.15. The lowest BCUT2D eigenvalue weighted by Gasteiger charge is -2.27. The summed E-state index contributed by atoms with van der Waals surface area (Å²) in [4.78, 5) is 61.7. The fourth-order valence-electron chi connectivity index (χ4n) is 3.89.